The van der Waals surface area contributed by atoms with E-state index in [1.54, 1.807) is 19.2 Å². The third kappa shape index (κ3) is 7.84. The van der Waals surface area contributed by atoms with Gasteiger partial charge in [0.25, 0.3) is 5.91 Å². The molecule has 6 nitrogen and oxygen atoms in total. The van der Waals surface area contributed by atoms with Crippen molar-refractivity contribution in [2.24, 2.45) is 5.92 Å². The number of amides is 2. The van der Waals surface area contributed by atoms with Crippen LogP contribution in [0.2, 0.25) is 5.02 Å². The smallest absolute Gasteiger partial charge is 0.255 e. The average molecular weight is 498 g/mol. The zero-order valence-electron chi connectivity index (χ0n) is 21.0. The first-order valence-corrected chi connectivity index (χ1v) is 12.6. The third-order valence-electron chi connectivity index (χ3n) is 6.15. The highest BCUT2D eigenvalue weighted by Crippen LogP contribution is 2.20. The van der Waals surface area contributed by atoms with Crippen molar-refractivity contribution in [3.05, 3.63) is 70.8 Å². The Morgan fingerprint density at radius 3 is 2.43 bits per heavy atom. The highest BCUT2D eigenvalue weighted by atomic mass is 35.5. The number of hydrogen-bond donors (Lipinski definition) is 0. The lowest BCUT2D eigenvalue weighted by molar-refractivity contribution is -0.133. The molecule has 0 radical (unpaired) electrons. The highest BCUT2D eigenvalue weighted by molar-refractivity contribution is 6.33. The van der Waals surface area contributed by atoms with E-state index in [2.05, 4.69) is 18.7 Å². The number of carbonyl (C=O) groups excluding carboxylic acids is 2. The van der Waals surface area contributed by atoms with Crippen molar-refractivity contribution in [3.63, 3.8) is 0 Å². The van der Waals surface area contributed by atoms with Crippen LogP contribution >= 0.6 is 11.6 Å². The molecule has 1 aliphatic rings. The van der Waals surface area contributed by atoms with Gasteiger partial charge >= 0.3 is 0 Å². The molecule has 0 unspecified atom stereocenters. The van der Waals surface area contributed by atoms with Gasteiger partial charge in [-0.2, -0.15) is 0 Å². The second-order valence-electron chi connectivity index (χ2n) is 9.20. The van der Waals surface area contributed by atoms with E-state index in [1.165, 1.54) is 0 Å². The summed E-state index contributed by atoms with van der Waals surface area (Å²) in [5.74, 6) is 1.30. The minimum atomic E-state index is -0.0916. The summed E-state index contributed by atoms with van der Waals surface area (Å²) in [6.45, 7) is 9.00. The van der Waals surface area contributed by atoms with Crippen molar-refractivity contribution >= 4 is 29.5 Å². The Hall–Kier alpha value is -2.83. The molecule has 0 saturated carbocycles. The van der Waals surface area contributed by atoms with Crippen molar-refractivity contribution in [2.75, 3.05) is 52.9 Å². The molecule has 1 aliphatic heterocycles. The first kappa shape index (κ1) is 26.8. The molecule has 1 fully saturated rings. The van der Waals surface area contributed by atoms with Crippen LogP contribution < -0.4 is 4.74 Å². The molecule has 188 valence electrons. The van der Waals surface area contributed by atoms with Crippen molar-refractivity contribution in [2.45, 2.75) is 20.3 Å². The largest absolute Gasteiger partial charge is 0.496 e. The number of para-hydroxylation sites is 1. The second-order valence-corrected chi connectivity index (χ2v) is 9.60. The number of piperazine rings is 1. The highest BCUT2D eigenvalue weighted by Gasteiger charge is 2.23. The van der Waals surface area contributed by atoms with Crippen LogP contribution in [0, 0.1) is 5.92 Å². The maximum atomic E-state index is 13.4. The van der Waals surface area contributed by atoms with Crippen LogP contribution in [-0.2, 0) is 4.79 Å². The van der Waals surface area contributed by atoms with Gasteiger partial charge in [-0.1, -0.05) is 67.9 Å². The Morgan fingerprint density at radius 2 is 1.74 bits per heavy atom. The monoisotopic (exact) mass is 497 g/mol. The molecule has 2 amide bonds. The van der Waals surface area contributed by atoms with E-state index in [0.717, 1.165) is 44.0 Å². The molecule has 0 bridgehead atoms. The van der Waals surface area contributed by atoms with Crippen LogP contribution in [0.5, 0.6) is 5.75 Å². The van der Waals surface area contributed by atoms with Gasteiger partial charge in [-0.25, -0.2) is 0 Å². The van der Waals surface area contributed by atoms with E-state index in [-0.39, 0.29) is 11.8 Å². The fourth-order valence-corrected chi connectivity index (χ4v) is 4.37. The predicted octanol–water partition coefficient (Wildman–Crippen LogP) is 4.69. The number of methoxy groups -OCH3 is 1. The number of rotatable bonds is 10. The molecule has 0 aliphatic carbocycles. The first-order chi connectivity index (χ1) is 16.9. The Kier molecular flexibility index (Phi) is 10.2. The van der Waals surface area contributed by atoms with Crippen LogP contribution in [0.25, 0.3) is 6.08 Å². The molecule has 35 heavy (non-hydrogen) atoms. The molecular formula is C28H36ClN3O3. The lowest BCUT2D eigenvalue weighted by atomic mass is 10.1. The van der Waals surface area contributed by atoms with E-state index in [0.29, 0.717) is 36.0 Å². The van der Waals surface area contributed by atoms with Gasteiger partial charge in [-0.3, -0.25) is 14.5 Å². The van der Waals surface area contributed by atoms with Crippen LogP contribution in [0.3, 0.4) is 0 Å². The Morgan fingerprint density at radius 1 is 1.06 bits per heavy atom. The van der Waals surface area contributed by atoms with Crippen molar-refractivity contribution in [3.8, 4) is 5.75 Å². The molecule has 1 saturated heterocycles. The van der Waals surface area contributed by atoms with Crippen LogP contribution in [0.1, 0.15) is 36.2 Å². The summed E-state index contributed by atoms with van der Waals surface area (Å²) < 4.78 is 5.42. The minimum absolute atomic E-state index is 0.0916. The van der Waals surface area contributed by atoms with Crippen LogP contribution in [0.4, 0.5) is 0 Å². The Labute approximate surface area is 214 Å². The van der Waals surface area contributed by atoms with E-state index >= 15 is 0 Å². The first-order valence-electron chi connectivity index (χ1n) is 12.2. The normalized spacial score (nSPS) is 14.5. The zero-order valence-corrected chi connectivity index (χ0v) is 21.7. The molecule has 3 rings (SSSR count). The molecule has 1 heterocycles. The van der Waals surface area contributed by atoms with Gasteiger partial charge in [0.2, 0.25) is 5.91 Å². The van der Waals surface area contributed by atoms with E-state index in [1.807, 2.05) is 58.4 Å². The standard InChI is InChI=1S/C28H36ClN3O3/c1-22(2)21-27(33)31-18-15-30(16-19-31)17-20-32(28(34)24-11-5-6-12-25(24)29)14-8-10-23-9-4-7-13-26(23)35-3/h4-13,22H,14-21H2,1-3H3/b10-8+. The second kappa shape index (κ2) is 13.3. The SMILES string of the molecule is COc1ccccc1/C=C/CN(CCN1CCN(C(=O)CC(C)C)CC1)C(=O)c1ccccc1Cl. The summed E-state index contributed by atoms with van der Waals surface area (Å²) in [5, 5.41) is 0.452. The summed E-state index contributed by atoms with van der Waals surface area (Å²) in [6, 6.07) is 14.9. The average Bonchev–Trinajstić information content (AvgIpc) is 2.86. The summed E-state index contributed by atoms with van der Waals surface area (Å²) in [5.41, 5.74) is 1.46. The number of halogens is 1. The van der Waals surface area contributed by atoms with Gasteiger partial charge in [0.15, 0.2) is 0 Å². The zero-order chi connectivity index (χ0) is 25.2. The molecule has 0 N–H and O–H groups in total. The van der Waals surface area contributed by atoms with E-state index < -0.39 is 0 Å². The molecule has 0 spiro atoms. The lowest BCUT2D eigenvalue weighted by Crippen LogP contribution is -2.50. The summed E-state index contributed by atoms with van der Waals surface area (Å²) >= 11 is 6.33. The van der Waals surface area contributed by atoms with Gasteiger partial charge in [-0.05, 0) is 24.1 Å². The summed E-state index contributed by atoms with van der Waals surface area (Å²) in [4.78, 5) is 31.8. The van der Waals surface area contributed by atoms with Gasteiger partial charge in [-0.15, -0.1) is 0 Å². The number of hydrogen-bond acceptors (Lipinski definition) is 4. The maximum absolute atomic E-state index is 13.4. The third-order valence-corrected chi connectivity index (χ3v) is 6.48. The van der Waals surface area contributed by atoms with Gasteiger partial charge in [0.1, 0.15) is 5.75 Å². The lowest BCUT2D eigenvalue weighted by Gasteiger charge is -2.36. The number of carbonyl (C=O) groups is 2. The molecule has 2 aromatic rings. The Balaban J connectivity index is 1.64. The fraction of sp³-hybridized carbons (Fsp3) is 0.429. The number of ether oxygens (including phenoxy) is 1. The van der Waals surface area contributed by atoms with Crippen molar-refractivity contribution in [1.29, 1.82) is 0 Å². The van der Waals surface area contributed by atoms with Crippen LogP contribution in [-0.4, -0.2) is 79.4 Å². The summed E-state index contributed by atoms with van der Waals surface area (Å²) in [7, 11) is 1.65. The topological polar surface area (TPSA) is 53.1 Å². The molecular weight excluding hydrogens is 462 g/mol. The van der Waals surface area contributed by atoms with E-state index in [9.17, 15) is 9.59 Å². The summed E-state index contributed by atoms with van der Waals surface area (Å²) in [6.07, 6.45) is 4.55. The fourth-order valence-electron chi connectivity index (χ4n) is 4.15. The molecule has 2 aromatic carbocycles. The number of nitrogens with zero attached hydrogens (tertiary/aromatic N) is 3. The Bertz CT molecular complexity index is 1020. The van der Waals surface area contributed by atoms with Gasteiger partial charge in [0.05, 0.1) is 17.7 Å². The number of benzene rings is 2. The maximum Gasteiger partial charge on any atom is 0.255 e. The van der Waals surface area contributed by atoms with Crippen molar-refractivity contribution < 1.29 is 14.3 Å². The predicted molar refractivity (Wildman–Crippen MR) is 142 cm³/mol. The van der Waals surface area contributed by atoms with Gasteiger partial charge < -0.3 is 14.5 Å². The molecule has 0 aromatic heterocycles. The van der Waals surface area contributed by atoms with Crippen LogP contribution in [0.15, 0.2) is 54.6 Å². The van der Waals surface area contributed by atoms with Gasteiger partial charge in [0, 0.05) is 57.8 Å². The quantitative estimate of drug-likeness (QED) is 0.477. The molecule has 7 heteroatoms. The van der Waals surface area contributed by atoms with Crippen molar-refractivity contribution in [1.82, 2.24) is 14.7 Å². The van der Waals surface area contributed by atoms with E-state index in [4.69, 9.17) is 16.3 Å². The minimum Gasteiger partial charge on any atom is -0.496 e. The molecule has 0 atom stereocenters.